The molecule has 1 aromatic carbocycles. The maximum atomic E-state index is 12.2. The quantitative estimate of drug-likeness (QED) is 0.817. The van der Waals surface area contributed by atoms with E-state index in [2.05, 4.69) is 24.2 Å². The molecule has 0 aliphatic heterocycles. The van der Waals surface area contributed by atoms with E-state index in [1.807, 2.05) is 42.1 Å². The molecule has 1 atom stereocenters. The summed E-state index contributed by atoms with van der Waals surface area (Å²) < 4.78 is 0. The van der Waals surface area contributed by atoms with Crippen LogP contribution in [0.1, 0.15) is 31.2 Å². The molecule has 1 aliphatic carbocycles. The van der Waals surface area contributed by atoms with Crippen molar-refractivity contribution in [1.29, 1.82) is 0 Å². The van der Waals surface area contributed by atoms with E-state index in [1.54, 1.807) is 0 Å². The second-order valence-corrected chi connectivity index (χ2v) is 7.18. The number of carbonyl (C=O) groups is 1. The van der Waals surface area contributed by atoms with Gasteiger partial charge in [-0.05, 0) is 43.9 Å². The number of carbonyl (C=O) groups excluding carboxylic acids is 1. The van der Waals surface area contributed by atoms with Crippen LogP contribution in [-0.2, 0) is 11.2 Å². The second-order valence-electron chi connectivity index (χ2n) is 5.42. The number of rotatable bonds is 5. The van der Waals surface area contributed by atoms with Gasteiger partial charge >= 0.3 is 0 Å². The molecule has 2 rings (SSSR count). The van der Waals surface area contributed by atoms with Crippen molar-refractivity contribution >= 4 is 30.3 Å². The number of nitrogens with one attached hydrogen (secondary N) is 1. The molecule has 0 bridgehead atoms. The van der Waals surface area contributed by atoms with Gasteiger partial charge in [0.25, 0.3) is 0 Å². The Morgan fingerprint density at radius 3 is 2.55 bits per heavy atom. The van der Waals surface area contributed by atoms with E-state index in [-0.39, 0.29) is 11.2 Å². The lowest BCUT2D eigenvalue weighted by Crippen LogP contribution is -2.42. The van der Waals surface area contributed by atoms with Crippen molar-refractivity contribution < 1.29 is 4.79 Å². The summed E-state index contributed by atoms with van der Waals surface area (Å²) in [5, 5.41) is 3.68. The van der Waals surface area contributed by atoms with Crippen LogP contribution in [0, 0.1) is 0 Å². The lowest BCUT2D eigenvalue weighted by atomic mass is 9.94. The van der Waals surface area contributed by atoms with Crippen LogP contribution in [0.2, 0.25) is 0 Å². The predicted octanol–water partition coefficient (Wildman–Crippen LogP) is 3.32. The molecule has 1 aromatic rings. The number of thiol groups is 1. The van der Waals surface area contributed by atoms with E-state index in [0.29, 0.717) is 12.5 Å². The minimum absolute atomic E-state index is 0.0739. The summed E-state index contributed by atoms with van der Waals surface area (Å²) in [6.45, 7) is 0. The van der Waals surface area contributed by atoms with Crippen molar-refractivity contribution in [2.24, 2.45) is 0 Å². The number of hydrogen-bond donors (Lipinski definition) is 2. The maximum Gasteiger partial charge on any atom is 0.233 e. The van der Waals surface area contributed by atoms with Crippen LogP contribution in [-0.4, -0.2) is 28.7 Å². The van der Waals surface area contributed by atoms with Crippen LogP contribution >= 0.6 is 24.4 Å². The molecule has 1 unspecified atom stereocenters. The third kappa shape index (κ3) is 4.74. The van der Waals surface area contributed by atoms with Crippen molar-refractivity contribution in [3.63, 3.8) is 0 Å². The second kappa shape index (κ2) is 7.99. The molecule has 0 aromatic heterocycles. The van der Waals surface area contributed by atoms with Gasteiger partial charge in [-0.25, -0.2) is 0 Å². The Morgan fingerprint density at radius 1 is 1.30 bits per heavy atom. The zero-order chi connectivity index (χ0) is 14.4. The Labute approximate surface area is 131 Å². The first-order valence-electron chi connectivity index (χ1n) is 7.24. The first-order valence-corrected chi connectivity index (χ1v) is 9.04. The molecule has 1 N–H and O–H groups in total. The molecule has 0 heterocycles. The summed E-state index contributed by atoms with van der Waals surface area (Å²) in [7, 11) is 0. The monoisotopic (exact) mass is 309 g/mol. The third-order valence-corrected chi connectivity index (χ3v) is 5.48. The van der Waals surface area contributed by atoms with Crippen molar-refractivity contribution in [3.8, 4) is 0 Å². The van der Waals surface area contributed by atoms with Gasteiger partial charge in [0.15, 0.2) is 0 Å². The van der Waals surface area contributed by atoms with Crippen molar-refractivity contribution in [2.45, 2.75) is 48.6 Å². The molecular weight excluding hydrogens is 286 g/mol. The van der Waals surface area contributed by atoms with Crippen LogP contribution in [0.25, 0.3) is 0 Å². The topological polar surface area (TPSA) is 29.1 Å². The summed E-state index contributed by atoms with van der Waals surface area (Å²) in [4.78, 5) is 12.2. The molecule has 110 valence electrons. The van der Waals surface area contributed by atoms with E-state index >= 15 is 0 Å². The number of thioether (sulfide) groups is 1. The van der Waals surface area contributed by atoms with Crippen LogP contribution in [0.3, 0.4) is 0 Å². The highest BCUT2D eigenvalue weighted by molar-refractivity contribution is 7.99. The molecule has 2 nitrogen and oxygen atoms in total. The van der Waals surface area contributed by atoms with E-state index in [4.69, 9.17) is 0 Å². The van der Waals surface area contributed by atoms with E-state index in [1.165, 1.54) is 12.8 Å². The average molecular weight is 310 g/mol. The zero-order valence-electron chi connectivity index (χ0n) is 11.9. The fourth-order valence-electron chi connectivity index (χ4n) is 2.67. The predicted molar refractivity (Wildman–Crippen MR) is 90.6 cm³/mol. The lowest BCUT2D eigenvalue weighted by molar-refractivity contribution is -0.121. The van der Waals surface area contributed by atoms with Crippen LogP contribution in [0.4, 0.5) is 0 Å². The fraction of sp³-hybridized carbons (Fsp3) is 0.562. The molecule has 0 radical (unpaired) electrons. The van der Waals surface area contributed by atoms with Gasteiger partial charge in [0.1, 0.15) is 0 Å². The largest absolute Gasteiger partial charge is 0.352 e. The van der Waals surface area contributed by atoms with Crippen LogP contribution < -0.4 is 5.32 Å². The first-order chi connectivity index (χ1) is 9.69. The standard InChI is InChI=1S/C16H23NOS2/c1-20-14-9-7-13(8-10-14)17-16(18)15(19)11-12-5-3-2-4-6-12/h2-6,13-15,19H,7-11H2,1H3,(H,17,18). The van der Waals surface area contributed by atoms with Gasteiger partial charge in [-0.3, -0.25) is 4.79 Å². The van der Waals surface area contributed by atoms with Crippen molar-refractivity contribution in [1.82, 2.24) is 5.32 Å². The molecule has 1 fully saturated rings. The van der Waals surface area contributed by atoms with Gasteiger partial charge < -0.3 is 5.32 Å². The number of benzene rings is 1. The van der Waals surface area contributed by atoms with Crippen LogP contribution in [0.15, 0.2) is 30.3 Å². The molecule has 1 aliphatic rings. The Kier molecular flexibility index (Phi) is 6.30. The molecule has 20 heavy (non-hydrogen) atoms. The summed E-state index contributed by atoms with van der Waals surface area (Å²) in [6.07, 6.45) is 7.49. The zero-order valence-corrected chi connectivity index (χ0v) is 13.6. The Balaban J connectivity index is 1.77. The molecule has 1 amide bonds. The molecule has 0 spiro atoms. The number of amides is 1. The smallest absolute Gasteiger partial charge is 0.233 e. The highest BCUT2D eigenvalue weighted by Gasteiger charge is 2.23. The maximum absolute atomic E-state index is 12.2. The van der Waals surface area contributed by atoms with Gasteiger partial charge in [0.05, 0.1) is 5.25 Å². The number of hydrogen-bond acceptors (Lipinski definition) is 3. The van der Waals surface area contributed by atoms with Gasteiger partial charge in [0, 0.05) is 11.3 Å². The SMILES string of the molecule is CSC1CCC(NC(=O)C(S)Cc2ccccc2)CC1. The van der Waals surface area contributed by atoms with Crippen LogP contribution in [0.5, 0.6) is 0 Å². The van der Waals surface area contributed by atoms with Crippen molar-refractivity contribution in [2.75, 3.05) is 6.26 Å². The first kappa shape index (κ1) is 15.8. The van der Waals surface area contributed by atoms with E-state index < -0.39 is 0 Å². The summed E-state index contributed by atoms with van der Waals surface area (Å²) in [5.74, 6) is 0.0739. The average Bonchev–Trinajstić information content (AvgIpc) is 2.49. The summed E-state index contributed by atoms with van der Waals surface area (Å²) >= 11 is 6.40. The van der Waals surface area contributed by atoms with Gasteiger partial charge in [-0.15, -0.1) is 0 Å². The van der Waals surface area contributed by atoms with E-state index in [0.717, 1.165) is 23.7 Å². The molecule has 1 saturated carbocycles. The third-order valence-electron chi connectivity index (χ3n) is 3.93. The normalized spacial score (nSPS) is 24.1. The summed E-state index contributed by atoms with van der Waals surface area (Å²) in [6, 6.07) is 10.4. The van der Waals surface area contributed by atoms with E-state index in [9.17, 15) is 4.79 Å². The minimum atomic E-state index is -0.254. The molecular formula is C16H23NOS2. The molecule has 4 heteroatoms. The van der Waals surface area contributed by atoms with Crippen molar-refractivity contribution in [3.05, 3.63) is 35.9 Å². The highest BCUT2D eigenvalue weighted by Crippen LogP contribution is 2.27. The molecule has 0 saturated heterocycles. The Morgan fingerprint density at radius 2 is 1.95 bits per heavy atom. The highest BCUT2D eigenvalue weighted by atomic mass is 32.2. The van der Waals surface area contributed by atoms with Gasteiger partial charge in [-0.1, -0.05) is 30.3 Å². The summed E-state index contributed by atoms with van der Waals surface area (Å²) in [5.41, 5.74) is 1.16. The Hall–Kier alpha value is -0.610. The van der Waals surface area contributed by atoms with Gasteiger partial charge in [-0.2, -0.15) is 24.4 Å². The fourth-order valence-corrected chi connectivity index (χ4v) is 3.70. The Bertz CT molecular complexity index is 416. The minimum Gasteiger partial charge on any atom is -0.352 e. The van der Waals surface area contributed by atoms with Gasteiger partial charge in [0.2, 0.25) is 5.91 Å². The lowest BCUT2D eigenvalue weighted by Gasteiger charge is -2.28.